The van der Waals surface area contributed by atoms with Crippen molar-refractivity contribution >= 4 is 28.1 Å². The number of aromatic nitrogens is 2. The van der Waals surface area contributed by atoms with Crippen molar-refractivity contribution in [1.82, 2.24) is 20.2 Å². The molecule has 7 heteroatoms. The summed E-state index contributed by atoms with van der Waals surface area (Å²) in [6.07, 6.45) is 10.9. The first-order valence-electron chi connectivity index (χ1n) is 15.1. The molecule has 5 aliphatic heterocycles. The summed E-state index contributed by atoms with van der Waals surface area (Å²) in [6, 6.07) is 14.5. The highest BCUT2D eigenvalue weighted by molar-refractivity contribution is 6.36. The van der Waals surface area contributed by atoms with Gasteiger partial charge in [0.1, 0.15) is 6.61 Å². The molecule has 0 unspecified atom stereocenters. The first kappa shape index (κ1) is 24.4. The number of rotatable bonds is 5. The quantitative estimate of drug-likeness (QED) is 0.435. The second-order valence-electron chi connectivity index (χ2n) is 12.6. The first-order valence-corrected chi connectivity index (χ1v) is 15.5. The van der Waals surface area contributed by atoms with Gasteiger partial charge in [0.2, 0.25) is 0 Å². The van der Waals surface area contributed by atoms with Gasteiger partial charge in [-0.1, -0.05) is 35.9 Å². The van der Waals surface area contributed by atoms with E-state index in [9.17, 15) is 0 Å². The molecular weight excluding hydrogens is 506 g/mol. The minimum absolute atomic E-state index is 0.193. The lowest BCUT2D eigenvalue weighted by Crippen LogP contribution is -2.43. The molecule has 4 fully saturated rings. The number of piperidine rings is 1. The molecule has 2 bridgehead atoms. The third kappa shape index (κ3) is 4.22. The van der Waals surface area contributed by atoms with E-state index in [-0.39, 0.29) is 5.54 Å². The van der Waals surface area contributed by atoms with Gasteiger partial charge in [0.05, 0.1) is 28.5 Å². The van der Waals surface area contributed by atoms with E-state index in [1.54, 1.807) is 0 Å². The molecule has 3 aromatic rings. The van der Waals surface area contributed by atoms with Crippen LogP contribution in [0.2, 0.25) is 5.02 Å². The van der Waals surface area contributed by atoms with Gasteiger partial charge >= 0.3 is 6.01 Å². The summed E-state index contributed by atoms with van der Waals surface area (Å²) in [4.78, 5) is 15.5. The van der Waals surface area contributed by atoms with Crippen molar-refractivity contribution in [2.75, 3.05) is 31.1 Å². The van der Waals surface area contributed by atoms with Gasteiger partial charge in [-0.05, 0) is 94.0 Å². The van der Waals surface area contributed by atoms with Gasteiger partial charge in [-0.15, -0.1) is 0 Å². The van der Waals surface area contributed by atoms with Crippen LogP contribution in [-0.2, 0) is 13.0 Å². The van der Waals surface area contributed by atoms with Gasteiger partial charge in [0.25, 0.3) is 0 Å². The predicted octanol–water partition coefficient (Wildman–Crippen LogP) is 5.85. The van der Waals surface area contributed by atoms with E-state index in [1.165, 1.54) is 86.8 Å². The summed E-state index contributed by atoms with van der Waals surface area (Å²) in [6.45, 7) is 4.84. The molecule has 0 amide bonds. The van der Waals surface area contributed by atoms with Crippen LogP contribution in [0.3, 0.4) is 0 Å². The highest BCUT2D eigenvalue weighted by Crippen LogP contribution is 2.42. The number of hydrogen-bond acceptors (Lipinski definition) is 6. The lowest BCUT2D eigenvalue weighted by atomic mass is 9.85. The Kier molecular flexibility index (Phi) is 6.01. The van der Waals surface area contributed by atoms with Crippen LogP contribution in [-0.4, -0.2) is 58.7 Å². The molecule has 4 saturated heterocycles. The smallest absolute Gasteiger partial charge is 0.316 e. The van der Waals surface area contributed by atoms with Gasteiger partial charge in [-0.3, -0.25) is 4.90 Å². The molecule has 39 heavy (non-hydrogen) atoms. The molecule has 2 aromatic carbocycles. The Labute approximate surface area is 236 Å². The Morgan fingerprint density at radius 1 is 0.974 bits per heavy atom. The van der Waals surface area contributed by atoms with Gasteiger partial charge in [0.15, 0.2) is 0 Å². The maximum atomic E-state index is 6.73. The Morgan fingerprint density at radius 2 is 1.74 bits per heavy atom. The summed E-state index contributed by atoms with van der Waals surface area (Å²) >= 11 is 6.73. The second kappa shape index (κ2) is 9.60. The topological polar surface area (TPSA) is 53.5 Å². The van der Waals surface area contributed by atoms with E-state index in [4.69, 9.17) is 26.3 Å². The average Bonchev–Trinajstić information content (AvgIpc) is 3.64. The van der Waals surface area contributed by atoms with E-state index < -0.39 is 0 Å². The molecule has 6 nitrogen and oxygen atoms in total. The number of ether oxygens (including phenoxy) is 1. The monoisotopic (exact) mass is 543 g/mol. The second-order valence-corrected chi connectivity index (χ2v) is 13.0. The zero-order valence-electron chi connectivity index (χ0n) is 22.7. The number of fused-ring (bicyclic) bond motifs is 5. The van der Waals surface area contributed by atoms with Crippen molar-refractivity contribution in [1.29, 1.82) is 0 Å². The number of nitrogens with one attached hydrogen (secondary N) is 1. The zero-order chi connectivity index (χ0) is 26.0. The van der Waals surface area contributed by atoms with Crippen LogP contribution < -0.4 is 15.0 Å². The number of nitrogens with zero attached hydrogens (tertiary/aromatic N) is 4. The van der Waals surface area contributed by atoms with Crippen LogP contribution in [0.15, 0.2) is 36.4 Å². The summed E-state index contributed by atoms with van der Waals surface area (Å²) in [5.41, 5.74) is 5.18. The lowest BCUT2D eigenvalue weighted by Gasteiger charge is -2.35. The predicted molar refractivity (Wildman–Crippen MR) is 156 cm³/mol. The molecule has 1 aromatic heterocycles. The van der Waals surface area contributed by atoms with Crippen molar-refractivity contribution in [2.45, 2.75) is 87.9 Å². The molecule has 1 N–H and O–H groups in total. The fourth-order valence-corrected chi connectivity index (χ4v) is 8.80. The molecule has 3 atom stereocenters. The number of anilines is 1. The lowest BCUT2D eigenvalue weighted by molar-refractivity contribution is 0.107. The van der Waals surface area contributed by atoms with Crippen LogP contribution >= 0.6 is 11.6 Å². The van der Waals surface area contributed by atoms with E-state index in [0.717, 1.165) is 35.6 Å². The van der Waals surface area contributed by atoms with Crippen LogP contribution in [0.4, 0.5) is 5.69 Å². The van der Waals surface area contributed by atoms with Gasteiger partial charge < -0.3 is 15.0 Å². The molecule has 8 rings (SSSR count). The molecule has 0 saturated carbocycles. The Bertz CT molecular complexity index is 1380. The van der Waals surface area contributed by atoms with Crippen molar-refractivity contribution < 1.29 is 4.74 Å². The summed E-state index contributed by atoms with van der Waals surface area (Å²) in [7, 11) is 0. The molecule has 6 heterocycles. The third-order valence-electron chi connectivity index (χ3n) is 10.4. The molecule has 5 aliphatic rings. The Morgan fingerprint density at radius 3 is 2.54 bits per heavy atom. The molecule has 0 radical (unpaired) electrons. The number of hydrogen-bond donors (Lipinski definition) is 1. The standard InChI is InChI=1S/C32H38ClN5O/c33-26-7-1-5-21-6-2-8-28(29(21)26)37-16-11-25-27(19-37)35-31(39-20-32-12-3-14-38(32)15-4-13-32)36-30(25)22-17-23-9-10-24(18-22)34-23/h1-2,5-8,22-24,34H,3-4,9-20H2/t22-,23-,24+. The van der Waals surface area contributed by atoms with Gasteiger partial charge in [-0.25, -0.2) is 0 Å². The number of halogens is 1. The maximum Gasteiger partial charge on any atom is 0.316 e. The van der Waals surface area contributed by atoms with Crippen molar-refractivity contribution in [3.05, 3.63) is 58.4 Å². The Balaban J connectivity index is 1.15. The molecule has 204 valence electrons. The fraction of sp³-hybridized carbons (Fsp3) is 0.562. The molecular formula is C32H38ClN5O. The fourth-order valence-electron chi connectivity index (χ4n) is 8.52. The van der Waals surface area contributed by atoms with E-state index in [2.05, 4.69) is 39.4 Å². The molecule has 0 aliphatic carbocycles. The van der Waals surface area contributed by atoms with Crippen molar-refractivity contribution in [2.24, 2.45) is 0 Å². The van der Waals surface area contributed by atoms with Crippen molar-refractivity contribution in [3.8, 4) is 6.01 Å². The van der Waals surface area contributed by atoms with Crippen LogP contribution in [0.25, 0.3) is 10.8 Å². The molecule has 0 spiro atoms. The van der Waals surface area contributed by atoms with Crippen molar-refractivity contribution in [3.63, 3.8) is 0 Å². The van der Waals surface area contributed by atoms with E-state index in [1.807, 2.05) is 12.1 Å². The minimum atomic E-state index is 0.193. The number of benzene rings is 2. The average molecular weight is 544 g/mol. The largest absolute Gasteiger partial charge is 0.461 e. The third-order valence-corrected chi connectivity index (χ3v) is 10.7. The van der Waals surface area contributed by atoms with Gasteiger partial charge in [-0.2, -0.15) is 9.97 Å². The first-order chi connectivity index (χ1) is 19.1. The SMILES string of the molecule is Clc1cccc2cccc(N3CCc4c(nc(OCC56CCCN5CCC6)nc4[C@@H]4C[C@H]5CC[C@@H](C4)N5)C3)c12. The van der Waals surface area contributed by atoms with Gasteiger partial charge in [0, 0.05) is 35.6 Å². The highest BCUT2D eigenvalue weighted by Gasteiger charge is 2.45. The van der Waals surface area contributed by atoms with Crippen LogP contribution in [0.5, 0.6) is 6.01 Å². The normalized spacial score (nSPS) is 27.6. The van der Waals surface area contributed by atoms with E-state index in [0.29, 0.717) is 30.6 Å². The van der Waals surface area contributed by atoms with Crippen LogP contribution in [0, 0.1) is 0 Å². The summed E-state index contributed by atoms with van der Waals surface area (Å²) in [5.74, 6) is 0.494. The minimum Gasteiger partial charge on any atom is -0.461 e. The summed E-state index contributed by atoms with van der Waals surface area (Å²) < 4.78 is 6.57. The van der Waals surface area contributed by atoms with Crippen LogP contribution in [0.1, 0.15) is 74.2 Å². The Hall–Kier alpha value is -2.41. The highest BCUT2D eigenvalue weighted by atomic mass is 35.5. The zero-order valence-corrected chi connectivity index (χ0v) is 23.4. The summed E-state index contributed by atoms with van der Waals surface area (Å²) in [5, 5.41) is 6.94. The van der Waals surface area contributed by atoms with E-state index >= 15 is 0 Å². The maximum absolute atomic E-state index is 6.73.